The summed E-state index contributed by atoms with van der Waals surface area (Å²) in [5.74, 6) is 2.39. The highest BCUT2D eigenvalue weighted by Crippen LogP contribution is 2.28. The second-order valence-corrected chi connectivity index (χ2v) is 11.5. The van der Waals surface area contributed by atoms with Crippen molar-refractivity contribution in [1.29, 1.82) is 0 Å². The lowest BCUT2D eigenvalue weighted by atomic mass is 9.99. The van der Waals surface area contributed by atoms with Crippen LogP contribution in [0.3, 0.4) is 0 Å². The van der Waals surface area contributed by atoms with E-state index in [1.54, 1.807) is 11.8 Å². The Labute approximate surface area is 233 Å². The number of thioether (sulfide) groups is 1. The topological polar surface area (TPSA) is 52.6 Å². The standard InChI is InChI=1S/C28H31Cl2N5OS/c1-20-8-10-34(11-9-20)26-18-25(30)31-28(32-26)37-19-21-4-2-5-22(16-21)27(36)35-14-12-33(13-15-35)24-7-3-6-23(29)17-24/h2-7,16-18,20H,8-15,19H2,1H3. The van der Waals surface area contributed by atoms with Gasteiger partial charge in [0.1, 0.15) is 11.0 Å². The highest BCUT2D eigenvalue weighted by molar-refractivity contribution is 7.98. The van der Waals surface area contributed by atoms with Gasteiger partial charge >= 0.3 is 0 Å². The monoisotopic (exact) mass is 555 g/mol. The third kappa shape index (κ3) is 6.70. The molecule has 2 aliphatic heterocycles. The van der Waals surface area contributed by atoms with Crippen molar-refractivity contribution in [2.75, 3.05) is 49.1 Å². The number of carbonyl (C=O) groups excluding carboxylic acids is 1. The first-order valence-corrected chi connectivity index (χ1v) is 14.5. The maximum absolute atomic E-state index is 13.2. The Hall–Kier alpha value is -2.48. The zero-order chi connectivity index (χ0) is 25.8. The second-order valence-electron chi connectivity index (χ2n) is 9.75. The van der Waals surface area contributed by atoms with E-state index in [0.717, 1.165) is 54.2 Å². The fraction of sp³-hybridized carbons (Fsp3) is 0.393. The first kappa shape index (κ1) is 26.1. The minimum absolute atomic E-state index is 0.0678. The van der Waals surface area contributed by atoms with Crippen molar-refractivity contribution in [2.24, 2.45) is 5.92 Å². The van der Waals surface area contributed by atoms with Crippen LogP contribution in [0.2, 0.25) is 10.2 Å². The number of piperidine rings is 1. The fourth-order valence-corrected chi connectivity index (χ4v) is 6.02. The summed E-state index contributed by atoms with van der Waals surface area (Å²) < 4.78 is 0. The van der Waals surface area contributed by atoms with Crippen molar-refractivity contribution < 1.29 is 4.79 Å². The third-order valence-electron chi connectivity index (χ3n) is 7.05. The normalized spacial score (nSPS) is 16.8. The number of hydrogen-bond acceptors (Lipinski definition) is 6. The average molecular weight is 557 g/mol. The lowest BCUT2D eigenvalue weighted by molar-refractivity contribution is 0.0746. The van der Waals surface area contributed by atoms with Gasteiger partial charge in [0, 0.05) is 67.4 Å². The molecule has 0 unspecified atom stereocenters. The molecule has 0 N–H and O–H groups in total. The van der Waals surface area contributed by atoms with Gasteiger partial charge in [0.05, 0.1) is 0 Å². The second kappa shape index (κ2) is 11.9. The highest BCUT2D eigenvalue weighted by Gasteiger charge is 2.23. The molecular formula is C28H31Cl2N5OS. The number of carbonyl (C=O) groups is 1. The van der Waals surface area contributed by atoms with Crippen LogP contribution in [0.1, 0.15) is 35.7 Å². The lowest BCUT2D eigenvalue weighted by Crippen LogP contribution is -2.48. The molecule has 2 aromatic carbocycles. The number of amides is 1. The summed E-state index contributed by atoms with van der Waals surface area (Å²) >= 11 is 14.0. The first-order valence-electron chi connectivity index (χ1n) is 12.8. The molecule has 0 atom stereocenters. The Bertz CT molecular complexity index is 1240. The molecule has 2 saturated heterocycles. The molecule has 2 fully saturated rings. The molecule has 37 heavy (non-hydrogen) atoms. The summed E-state index contributed by atoms with van der Waals surface area (Å²) in [6.45, 7) is 7.22. The zero-order valence-corrected chi connectivity index (χ0v) is 23.3. The van der Waals surface area contributed by atoms with E-state index in [1.165, 1.54) is 12.8 Å². The fourth-order valence-electron chi connectivity index (χ4n) is 4.81. The Balaban J connectivity index is 1.19. The van der Waals surface area contributed by atoms with Crippen LogP contribution in [-0.2, 0) is 5.75 Å². The van der Waals surface area contributed by atoms with Crippen LogP contribution < -0.4 is 9.80 Å². The lowest BCUT2D eigenvalue weighted by Gasteiger charge is -2.36. The molecular weight excluding hydrogens is 525 g/mol. The average Bonchev–Trinajstić information content (AvgIpc) is 2.92. The van der Waals surface area contributed by atoms with Gasteiger partial charge in [0.15, 0.2) is 5.16 Å². The Kier molecular flexibility index (Phi) is 8.43. The van der Waals surface area contributed by atoms with Crippen molar-refractivity contribution in [3.05, 3.63) is 75.9 Å². The SMILES string of the molecule is CC1CCN(c2cc(Cl)nc(SCc3cccc(C(=O)N4CCN(c5cccc(Cl)c5)CC4)c3)n2)CC1. The van der Waals surface area contributed by atoms with Crippen molar-refractivity contribution in [3.63, 3.8) is 0 Å². The minimum Gasteiger partial charge on any atom is -0.368 e. The quantitative estimate of drug-likeness (QED) is 0.203. The van der Waals surface area contributed by atoms with E-state index in [9.17, 15) is 4.79 Å². The van der Waals surface area contributed by atoms with Gasteiger partial charge in [-0.25, -0.2) is 9.97 Å². The molecule has 2 aliphatic rings. The van der Waals surface area contributed by atoms with Crippen LogP contribution in [-0.4, -0.2) is 60.0 Å². The maximum Gasteiger partial charge on any atom is 0.253 e. The maximum atomic E-state index is 13.2. The van der Waals surface area contributed by atoms with Crippen LogP contribution in [0, 0.1) is 5.92 Å². The van der Waals surface area contributed by atoms with E-state index >= 15 is 0 Å². The van der Waals surface area contributed by atoms with Gasteiger partial charge in [0.25, 0.3) is 5.91 Å². The Morgan fingerprint density at radius 1 is 0.919 bits per heavy atom. The Morgan fingerprint density at radius 2 is 1.68 bits per heavy atom. The number of benzene rings is 2. The van der Waals surface area contributed by atoms with Gasteiger partial charge in [-0.1, -0.05) is 60.1 Å². The zero-order valence-electron chi connectivity index (χ0n) is 20.9. The molecule has 0 bridgehead atoms. The summed E-state index contributed by atoms with van der Waals surface area (Å²) in [5, 5.41) is 1.85. The molecule has 0 radical (unpaired) electrons. The van der Waals surface area contributed by atoms with Crippen LogP contribution >= 0.6 is 35.0 Å². The van der Waals surface area contributed by atoms with Crippen LogP contribution in [0.15, 0.2) is 59.8 Å². The molecule has 0 aliphatic carbocycles. The highest BCUT2D eigenvalue weighted by atomic mass is 35.5. The van der Waals surface area contributed by atoms with Gasteiger partial charge in [-0.2, -0.15) is 0 Å². The summed E-state index contributed by atoms with van der Waals surface area (Å²) in [6.07, 6.45) is 2.33. The van der Waals surface area contributed by atoms with E-state index in [2.05, 4.69) is 27.8 Å². The molecule has 1 aromatic heterocycles. The Morgan fingerprint density at radius 3 is 2.43 bits per heavy atom. The van der Waals surface area contributed by atoms with E-state index < -0.39 is 0 Å². The number of piperazine rings is 1. The van der Waals surface area contributed by atoms with Crippen molar-refractivity contribution in [3.8, 4) is 0 Å². The van der Waals surface area contributed by atoms with E-state index in [0.29, 0.717) is 34.7 Å². The van der Waals surface area contributed by atoms with Crippen LogP contribution in [0.25, 0.3) is 0 Å². The van der Waals surface area contributed by atoms with Crippen molar-refractivity contribution in [1.82, 2.24) is 14.9 Å². The van der Waals surface area contributed by atoms with E-state index in [1.807, 2.05) is 53.4 Å². The number of nitrogens with zero attached hydrogens (tertiary/aromatic N) is 5. The molecule has 1 amide bonds. The molecule has 0 spiro atoms. The van der Waals surface area contributed by atoms with Gasteiger partial charge in [-0.05, 0) is 54.7 Å². The number of rotatable bonds is 6. The predicted octanol–water partition coefficient (Wildman–Crippen LogP) is 6.27. The summed E-state index contributed by atoms with van der Waals surface area (Å²) in [4.78, 5) is 28.9. The van der Waals surface area contributed by atoms with Crippen LogP contribution in [0.5, 0.6) is 0 Å². The smallest absolute Gasteiger partial charge is 0.253 e. The number of anilines is 2. The predicted molar refractivity (Wildman–Crippen MR) is 153 cm³/mol. The third-order valence-corrected chi connectivity index (χ3v) is 8.40. The van der Waals surface area contributed by atoms with Gasteiger partial charge < -0.3 is 14.7 Å². The molecule has 6 nitrogen and oxygen atoms in total. The number of halogens is 2. The van der Waals surface area contributed by atoms with Gasteiger partial charge in [-0.3, -0.25) is 4.79 Å². The minimum atomic E-state index is 0.0678. The molecule has 3 aromatic rings. The van der Waals surface area contributed by atoms with E-state index in [-0.39, 0.29) is 5.91 Å². The molecule has 3 heterocycles. The van der Waals surface area contributed by atoms with E-state index in [4.69, 9.17) is 28.2 Å². The largest absolute Gasteiger partial charge is 0.368 e. The molecule has 5 rings (SSSR count). The van der Waals surface area contributed by atoms with Crippen LogP contribution in [0.4, 0.5) is 11.5 Å². The first-order chi connectivity index (χ1) is 17.9. The number of aromatic nitrogens is 2. The molecule has 194 valence electrons. The van der Waals surface area contributed by atoms with Gasteiger partial charge in [0.2, 0.25) is 0 Å². The van der Waals surface area contributed by atoms with Crippen molar-refractivity contribution >= 4 is 52.4 Å². The summed E-state index contributed by atoms with van der Waals surface area (Å²) in [7, 11) is 0. The number of hydrogen-bond donors (Lipinski definition) is 0. The molecule has 0 saturated carbocycles. The van der Waals surface area contributed by atoms with Gasteiger partial charge in [-0.15, -0.1) is 0 Å². The molecule has 9 heteroatoms. The summed E-state index contributed by atoms with van der Waals surface area (Å²) in [6, 6.07) is 17.6. The van der Waals surface area contributed by atoms with Crippen molar-refractivity contribution in [2.45, 2.75) is 30.7 Å². The summed E-state index contributed by atoms with van der Waals surface area (Å²) in [5.41, 5.74) is 2.87.